The number of ether oxygens (including phenoxy) is 1. The van der Waals surface area contributed by atoms with Crippen molar-refractivity contribution in [2.45, 2.75) is 26.2 Å². The van der Waals surface area contributed by atoms with Gasteiger partial charge in [-0.2, -0.15) is 9.13 Å². The Kier molecular flexibility index (Phi) is 9.72. The Bertz CT molecular complexity index is 4590. The minimum atomic E-state index is -0.0852. The quantitative estimate of drug-likeness (QED) is 0.149. The lowest BCUT2D eigenvalue weighted by molar-refractivity contribution is -0.566. The highest BCUT2D eigenvalue weighted by Crippen LogP contribution is 2.51. The van der Waals surface area contributed by atoms with E-state index < -0.39 is 0 Å². The molecule has 1 aliphatic heterocycles. The maximum atomic E-state index is 7.02. The van der Waals surface area contributed by atoms with E-state index in [1.54, 1.807) is 0 Å². The molecule has 1 aliphatic rings. The highest BCUT2D eigenvalue weighted by atomic mass is 16.5. The van der Waals surface area contributed by atoms with Crippen LogP contribution in [0.3, 0.4) is 0 Å². The number of hydrogen-bond donors (Lipinski definition) is 0. The molecule has 0 bridgehead atoms. The Morgan fingerprint density at radius 2 is 1.09 bits per heavy atom. The molecule has 4 aromatic heterocycles. The number of benzene rings is 10. The van der Waals surface area contributed by atoms with Gasteiger partial charge in [-0.25, -0.2) is 4.98 Å². The molecule has 360 valence electrons. The zero-order valence-electron chi connectivity index (χ0n) is 42.3. The van der Waals surface area contributed by atoms with Gasteiger partial charge in [0.15, 0.2) is 11.0 Å². The number of rotatable bonds is 7. The second-order valence-electron chi connectivity index (χ2n) is 21.0. The van der Waals surface area contributed by atoms with Crippen LogP contribution in [0.4, 0.5) is 0 Å². The summed E-state index contributed by atoms with van der Waals surface area (Å²) in [6, 6.07) is 85.2. The standard InChI is InChI=1S/C70H50N5O/c1-70(2,3)47-39-40-71-65(41-47)74-62-37-38-63-66(55-27-11-10-25-53(55)56-30-18-31-57-54-26-12-13-32-59(54)75(63)69(56)57)67(62)58-36-35-50(43-64(58)74)76-49-24-16-23-48(42-49)72-44-73(61-34-15-14-33-60(61)72)68-51(45-19-6-4-7-20-45)28-17-29-52(68)46-21-8-5-9-22-46/h4-44H,1-3H3/q+1. The van der Waals surface area contributed by atoms with Gasteiger partial charge < -0.3 is 9.30 Å². The number of para-hydroxylation sites is 5. The van der Waals surface area contributed by atoms with E-state index in [9.17, 15) is 0 Å². The molecule has 14 aromatic rings. The Morgan fingerprint density at radius 3 is 1.88 bits per heavy atom. The Hall–Kier alpha value is -9.78. The molecule has 6 heteroatoms. The third-order valence-electron chi connectivity index (χ3n) is 15.6. The van der Waals surface area contributed by atoms with Crippen LogP contribution in [-0.4, -0.2) is 18.7 Å². The summed E-state index contributed by atoms with van der Waals surface area (Å²) in [7, 11) is 0. The normalized spacial score (nSPS) is 12.1. The molecule has 0 radical (unpaired) electrons. The second kappa shape index (κ2) is 16.9. The minimum absolute atomic E-state index is 0.0852. The number of imidazole rings is 1. The van der Waals surface area contributed by atoms with Crippen LogP contribution in [0.5, 0.6) is 11.5 Å². The molecule has 0 unspecified atom stereocenters. The van der Waals surface area contributed by atoms with Gasteiger partial charge in [0.2, 0.25) is 0 Å². The molecule has 0 amide bonds. The molecular formula is C70H50N5O+. The van der Waals surface area contributed by atoms with Crippen molar-refractivity contribution in [3.8, 4) is 78.9 Å². The zero-order chi connectivity index (χ0) is 50.6. The molecular weight excluding hydrogens is 927 g/mol. The van der Waals surface area contributed by atoms with E-state index in [-0.39, 0.29) is 5.41 Å². The largest absolute Gasteiger partial charge is 0.457 e. The van der Waals surface area contributed by atoms with E-state index in [2.05, 4.69) is 276 Å². The van der Waals surface area contributed by atoms with E-state index in [4.69, 9.17) is 9.72 Å². The minimum Gasteiger partial charge on any atom is -0.457 e. The van der Waals surface area contributed by atoms with Gasteiger partial charge >= 0.3 is 0 Å². The van der Waals surface area contributed by atoms with Gasteiger partial charge in [0.05, 0.1) is 27.8 Å². The fraction of sp³-hybridized carbons (Fsp3) is 0.0571. The first-order valence-corrected chi connectivity index (χ1v) is 26.1. The summed E-state index contributed by atoms with van der Waals surface area (Å²) < 4.78 is 16.5. The maximum absolute atomic E-state index is 7.02. The van der Waals surface area contributed by atoms with Crippen molar-refractivity contribution >= 4 is 54.6 Å². The molecule has 0 saturated heterocycles. The first-order chi connectivity index (χ1) is 37.4. The topological polar surface area (TPSA) is 40.8 Å². The number of aromatic nitrogens is 5. The number of nitrogens with zero attached hydrogens (tertiary/aromatic N) is 5. The monoisotopic (exact) mass is 976 g/mol. The Morgan fingerprint density at radius 1 is 0.447 bits per heavy atom. The molecule has 0 saturated carbocycles. The van der Waals surface area contributed by atoms with Gasteiger partial charge in [0, 0.05) is 62.1 Å². The van der Waals surface area contributed by atoms with E-state index in [1.165, 1.54) is 55.0 Å². The molecule has 0 N–H and O–H groups in total. The van der Waals surface area contributed by atoms with Gasteiger partial charge in [-0.15, -0.1) is 0 Å². The summed E-state index contributed by atoms with van der Waals surface area (Å²) in [6.07, 6.45) is 4.18. The van der Waals surface area contributed by atoms with Crippen LogP contribution >= 0.6 is 0 Å². The average Bonchev–Trinajstić information content (AvgIpc) is 4.32. The Labute approximate surface area is 440 Å². The summed E-state index contributed by atoms with van der Waals surface area (Å²) in [5, 5.41) is 4.80. The van der Waals surface area contributed by atoms with Gasteiger partial charge in [-0.3, -0.25) is 4.57 Å². The number of fused-ring (bicyclic) bond motifs is 13. The summed E-state index contributed by atoms with van der Waals surface area (Å²) >= 11 is 0. The van der Waals surface area contributed by atoms with Crippen molar-refractivity contribution in [2.24, 2.45) is 0 Å². The first-order valence-electron chi connectivity index (χ1n) is 26.1. The van der Waals surface area contributed by atoms with Crippen LogP contribution in [0, 0.1) is 0 Å². The summed E-state index contributed by atoms with van der Waals surface area (Å²) in [6.45, 7) is 6.78. The van der Waals surface area contributed by atoms with Crippen molar-refractivity contribution < 1.29 is 9.30 Å². The highest BCUT2D eigenvalue weighted by molar-refractivity contribution is 6.23. The third-order valence-corrected chi connectivity index (χ3v) is 15.6. The molecule has 6 nitrogen and oxygen atoms in total. The van der Waals surface area contributed by atoms with Gasteiger partial charge in [0.1, 0.15) is 28.7 Å². The molecule has 5 heterocycles. The van der Waals surface area contributed by atoms with E-state index >= 15 is 0 Å². The van der Waals surface area contributed by atoms with Crippen LogP contribution in [0.25, 0.3) is 122 Å². The van der Waals surface area contributed by atoms with Gasteiger partial charge in [-0.05, 0) is 100.0 Å². The first kappa shape index (κ1) is 43.8. The van der Waals surface area contributed by atoms with Crippen LogP contribution in [-0.2, 0) is 5.41 Å². The fourth-order valence-electron chi connectivity index (χ4n) is 12.1. The molecule has 0 atom stereocenters. The van der Waals surface area contributed by atoms with Crippen molar-refractivity contribution in [1.82, 2.24) is 18.7 Å². The van der Waals surface area contributed by atoms with Crippen molar-refractivity contribution in [3.05, 3.63) is 255 Å². The molecule has 0 aliphatic carbocycles. The average molecular weight is 977 g/mol. The van der Waals surface area contributed by atoms with Gasteiger partial charge in [-0.1, -0.05) is 178 Å². The zero-order valence-corrected chi connectivity index (χ0v) is 42.3. The second-order valence-corrected chi connectivity index (χ2v) is 21.0. The molecule has 10 aromatic carbocycles. The molecule has 15 rings (SSSR count). The number of pyridine rings is 1. The maximum Gasteiger partial charge on any atom is 0.255 e. The predicted molar refractivity (Wildman–Crippen MR) is 312 cm³/mol. The summed E-state index contributed by atoms with van der Waals surface area (Å²) in [4.78, 5) is 5.13. The summed E-state index contributed by atoms with van der Waals surface area (Å²) in [5.74, 6) is 2.33. The van der Waals surface area contributed by atoms with E-state index in [1.807, 2.05) is 12.3 Å². The van der Waals surface area contributed by atoms with Crippen LogP contribution in [0.2, 0.25) is 0 Å². The number of hydrogen-bond acceptors (Lipinski definition) is 2. The predicted octanol–water partition coefficient (Wildman–Crippen LogP) is 17.6. The van der Waals surface area contributed by atoms with Crippen LogP contribution < -0.4 is 9.30 Å². The summed E-state index contributed by atoms with van der Waals surface area (Å²) in [5.41, 5.74) is 20.5. The lowest BCUT2D eigenvalue weighted by atomic mass is 9.88. The van der Waals surface area contributed by atoms with Crippen molar-refractivity contribution in [3.63, 3.8) is 0 Å². The molecule has 0 fully saturated rings. The molecule has 76 heavy (non-hydrogen) atoms. The smallest absolute Gasteiger partial charge is 0.255 e. The SMILES string of the molecule is CC(C)(C)c1ccnc(-n2c3cc(Oc4cccc(-n5c[n+](-c6c(-c7ccccc7)cccc6-c6ccccc6)c6ccccc65)c4)ccc3c3c4c(ccc32)-n2c3ccccc3c3cccc(c32)-c2ccccc2-4)c1. The van der Waals surface area contributed by atoms with Crippen molar-refractivity contribution in [2.75, 3.05) is 0 Å². The lowest BCUT2D eigenvalue weighted by Gasteiger charge is -2.20. The van der Waals surface area contributed by atoms with E-state index in [0.29, 0.717) is 0 Å². The third kappa shape index (κ3) is 6.73. The Balaban J connectivity index is 0.911. The van der Waals surface area contributed by atoms with Crippen LogP contribution in [0.15, 0.2) is 249 Å². The highest BCUT2D eigenvalue weighted by Gasteiger charge is 2.30. The van der Waals surface area contributed by atoms with Crippen LogP contribution in [0.1, 0.15) is 26.3 Å². The van der Waals surface area contributed by atoms with Crippen molar-refractivity contribution in [1.29, 1.82) is 0 Å². The van der Waals surface area contributed by atoms with Gasteiger partial charge in [0.25, 0.3) is 6.33 Å². The lowest BCUT2D eigenvalue weighted by Crippen LogP contribution is -2.30. The molecule has 0 spiro atoms. The van der Waals surface area contributed by atoms with E-state index in [0.717, 1.165) is 84.1 Å². The fourth-order valence-corrected chi connectivity index (χ4v) is 12.1.